The number of benzene rings is 1. The molecule has 3 aromatic rings. The Hall–Kier alpha value is -2.75. The predicted octanol–water partition coefficient (Wildman–Crippen LogP) is 1.09. The number of imidazole rings is 1. The number of methoxy groups -OCH3 is 1. The number of hydrogen-bond donors (Lipinski definition) is 3. The second-order valence-corrected chi connectivity index (χ2v) is 6.37. The number of nitrogens with zero attached hydrogens (tertiary/aromatic N) is 4. The molecule has 3 heterocycles. The zero-order valence-corrected chi connectivity index (χ0v) is 14.8. The third kappa shape index (κ3) is 3.44. The van der Waals surface area contributed by atoms with Crippen molar-refractivity contribution in [2.75, 3.05) is 19.0 Å². The fourth-order valence-electron chi connectivity index (χ4n) is 3.21. The highest BCUT2D eigenvalue weighted by molar-refractivity contribution is 5.82. The lowest BCUT2D eigenvalue weighted by molar-refractivity contribution is -0.0432. The Labute approximate surface area is 155 Å². The van der Waals surface area contributed by atoms with Gasteiger partial charge in [0.05, 0.1) is 26.1 Å². The van der Waals surface area contributed by atoms with E-state index < -0.39 is 18.4 Å². The largest absolute Gasteiger partial charge is 0.497 e. The van der Waals surface area contributed by atoms with E-state index in [1.165, 1.54) is 6.33 Å². The number of anilines is 1. The van der Waals surface area contributed by atoms with Crippen molar-refractivity contribution in [3.63, 3.8) is 0 Å². The summed E-state index contributed by atoms with van der Waals surface area (Å²) in [6.45, 7) is 0.327. The van der Waals surface area contributed by atoms with Crippen molar-refractivity contribution >= 4 is 17.0 Å². The van der Waals surface area contributed by atoms with Crippen LogP contribution in [0.15, 0.2) is 36.9 Å². The topological polar surface area (TPSA) is 115 Å². The maximum atomic E-state index is 9.96. The highest BCUT2D eigenvalue weighted by Crippen LogP contribution is 2.31. The smallest absolute Gasteiger partial charge is 0.167 e. The summed E-state index contributed by atoms with van der Waals surface area (Å²) in [6, 6.07) is 7.77. The number of ether oxygens (including phenoxy) is 2. The average Bonchev–Trinajstić information content (AvgIpc) is 3.29. The zero-order valence-electron chi connectivity index (χ0n) is 14.8. The van der Waals surface area contributed by atoms with Gasteiger partial charge in [0.1, 0.15) is 24.4 Å². The van der Waals surface area contributed by atoms with E-state index in [9.17, 15) is 10.2 Å². The normalized spacial score (nSPS) is 22.3. The molecule has 4 rings (SSSR count). The van der Waals surface area contributed by atoms with Gasteiger partial charge >= 0.3 is 0 Å². The Kier molecular flexibility index (Phi) is 4.88. The SMILES string of the molecule is COc1cccc(CNc2ncnc3c2ncn3C2C[C@H](O)[C@@H](CO)O2)c1. The second kappa shape index (κ2) is 7.47. The number of hydrogen-bond acceptors (Lipinski definition) is 8. The number of rotatable bonds is 6. The molecule has 1 saturated heterocycles. The van der Waals surface area contributed by atoms with E-state index in [2.05, 4.69) is 20.3 Å². The van der Waals surface area contributed by atoms with Crippen molar-refractivity contribution in [1.82, 2.24) is 19.5 Å². The van der Waals surface area contributed by atoms with Crippen molar-refractivity contribution in [1.29, 1.82) is 0 Å². The van der Waals surface area contributed by atoms with Crippen LogP contribution < -0.4 is 10.1 Å². The Morgan fingerprint density at radius 1 is 1.33 bits per heavy atom. The molecule has 142 valence electrons. The monoisotopic (exact) mass is 371 g/mol. The first-order valence-corrected chi connectivity index (χ1v) is 8.68. The van der Waals surface area contributed by atoms with Crippen LogP contribution >= 0.6 is 0 Å². The highest BCUT2D eigenvalue weighted by atomic mass is 16.5. The van der Waals surface area contributed by atoms with Crippen LogP contribution in [0.3, 0.4) is 0 Å². The van der Waals surface area contributed by atoms with E-state index in [0.29, 0.717) is 29.9 Å². The van der Waals surface area contributed by atoms with Crippen molar-refractivity contribution in [3.05, 3.63) is 42.5 Å². The molecule has 1 aliphatic rings. The van der Waals surface area contributed by atoms with Crippen LogP contribution in [0.2, 0.25) is 0 Å². The number of aromatic nitrogens is 4. The van der Waals surface area contributed by atoms with Crippen molar-refractivity contribution in [2.24, 2.45) is 0 Å². The Bertz CT molecular complexity index is 931. The third-order valence-electron chi connectivity index (χ3n) is 4.65. The van der Waals surface area contributed by atoms with Gasteiger partial charge in [-0.05, 0) is 17.7 Å². The maximum Gasteiger partial charge on any atom is 0.167 e. The molecule has 3 N–H and O–H groups in total. The van der Waals surface area contributed by atoms with Gasteiger partial charge in [0.25, 0.3) is 0 Å². The third-order valence-corrected chi connectivity index (χ3v) is 4.65. The molecular formula is C18H21N5O4. The van der Waals surface area contributed by atoms with Crippen molar-refractivity contribution < 1.29 is 19.7 Å². The fraction of sp³-hybridized carbons (Fsp3) is 0.389. The number of aliphatic hydroxyl groups excluding tert-OH is 2. The molecule has 0 saturated carbocycles. The first-order chi connectivity index (χ1) is 13.2. The van der Waals surface area contributed by atoms with Crippen LogP contribution in [0.1, 0.15) is 18.2 Å². The molecule has 0 aliphatic carbocycles. The van der Waals surface area contributed by atoms with Crippen molar-refractivity contribution in [3.8, 4) is 5.75 Å². The van der Waals surface area contributed by atoms with Crippen molar-refractivity contribution in [2.45, 2.75) is 31.4 Å². The molecule has 0 spiro atoms. The van der Waals surface area contributed by atoms with E-state index in [0.717, 1.165) is 11.3 Å². The van der Waals surface area contributed by atoms with Gasteiger partial charge in [-0.15, -0.1) is 0 Å². The number of fused-ring (bicyclic) bond motifs is 1. The molecule has 1 aromatic carbocycles. The predicted molar refractivity (Wildman–Crippen MR) is 97.3 cm³/mol. The lowest BCUT2D eigenvalue weighted by Gasteiger charge is -2.13. The van der Waals surface area contributed by atoms with Gasteiger partial charge in [0.2, 0.25) is 0 Å². The second-order valence-electron chi connectivity index (χ2n) is 6.37. The molecule has 3 atom stereocenters. The Morgan fingerprint density at radius 3 is 3.00 bits per heavy atom. The summed E-state index contributed by atoms with van der Waals surface area (Å²) < 4.78 is 12.7. The Balaban J connectivity index is 1.55. The zero-order chi connectivity index (χ0) is 18.8. The minimum atomic E-state index is -0.718. The van der Waals surface area contributed by atoms with Gasteiger partial charge in [-0.3, -0.25) is 4.57 Å². The number of nitrogens with one attached hydrogen (secondary N) is 1. The summed E-state index contributed by atoms with van der Waals surface area (Å²) in [6.07, 6.45) is 1.71. The molecule has 9 nitrogen and oxygen atoms in total. The van der Waals surface area contributed by atoms with Crippen LogP contribution in [0.4, 0.5) is 5.82 Å². The Morgan fingerprint density at radius 2 is 2.22 bits per heavy atom. The minimum Gasteiger partial charge on any atom is -0.497 e. The van der Waals surface area contributed by atoms with Crippen LogP contribution in [-0.4, -0.2) is 55.7 Å². The first kappa shape index (κ1) is 17.7. The summed E-state index contributed by atoms with van der Waals surface area (Å²) >= 11 is 0. The molecule has 27 heavy (non-hydrogen) atoms. The summed E-state index contributed by atoms with van der Waals surface area (Å²) in [7, 11) is 1.64. The molecule has 1 aliphatic heterocycles. The van der Waals surface area contributed by atoms with Crippen LogP contribution in [0.5, 0.6) is 5.75 Å². The summed E-state index contributed by atoms with van der Waals surface area (Å²) in [5.74, 6) is 1.40. The lowest BCUT2D eigenvalue weighted by Crippen LogP contribution is -2.24. The quantitative estimate of drug-likeness (QED) is 0.590. The average molecular weight is 371 g/mol. The van der Waals surface area contributed by atoms with E-state index in [-0.39, 0.29) is 6.61 Å². The summed E-state index contributed by atoms with van der Waals surface area (Å²) in [5, 5.41) is 22.5. The number of aliphatic hydroxyl groups is 2. The molecule has 0 amide bonds. The minimum absolute atomic E-state index is 0.230. The van der Waals surface area contributed by atoms with Gasteiger partial charge in [-0.25, -0.2) is 15.0 Å². The summed E-state index contributed by atoms with van der Waals surface area (Å²) in [4.78, 5) is 13.0. The van der Waals surface area contributed by atoms with E-state index in [4.69, 9.17) is 9.47 Å². The highest BCUT2D eigenvalue weighted by Gasteiger charge is 2.35. The van der Waals surface area contributed by atoms with Gasteiger partial charge in [-0.2, -0.15) is 0 Å². The molecule has 0 bridgehead atoms. The van der Waals surface area contributed by atoms with Crippen LogP contribution in [0, 0.1) is 0 Å². The van der Waals surface area contributed by atoms with E-state index >= 15 is 0 Å². The van der Waals surface area contributed by atoms with Gasteiger partial charge in [0.15, 0.2) is 17.0 Å². The lowest BCUT2D eigenvalue weighted by atomic mass is 10.2. The standard InChI is InChI=1S/C18H21N5O4/c1-26-12-4-2-3-11(5-12)7-19-17-16-18(21-9-20-17)23(10-22-16)15-6-13(25)14(8-24)27-15/h2-5,9-10,13-15,24-25H,6-8H2,1H3,(H,19,20,21)/t13-,14+,15?/m0/s1. The molecule has 1 fully saturated rings. The first-order valence-electron chi connectivity index (χ1n) is 8.68. The molecular weight excluding hydrogens is 350 g/mol. The van der Waals surface area contributed by atoms with Crippen LogP contribution in [0.25, 0.3) is 11.2 Å². The molecule has 0 radical (unpaired) electrons. The van der Waals surface area contributed by atoms with Gasteiger partial charge in [-0.1, -0.05) is 12.1 Å². The maximum absolute atomic E-state index is 9.96. The molecule has 9 heteroatoms. The van der Waals surface area contributed by atoms with Gasteiger partial charge < -0.3 is 25.0 Å². The summed E-state index contributed by atoms with van der Waals surface area (Å²) in [5.41, 5.74) is 2.27. The van der Waals surface area contributed by atoms with E-state index in [1.54, 1.807) is 18.0 Å². The molecule has 1 unspecified atom stereocenters. The van der Waals surface area contributed by atoms with E-state index in [1.807, 2.05) is 24.3 Å². The van der Waals surface area contributed by atoms with Gasteiger partial charge in [0, 0.05) is 13.0 Å². The van der Waals surface area contributed by atoms with Crippen LogP contribution in [-0.2, 0) is 11.3 Å². The molecule has 2 aromatic heterocycles. The fourth-order valence-corrected chi connectivity index (χ4v) is 3.21.